The number of fused-ring (bicyclic) bond motifs is 1. The maximum atomic E-state index is 5.93. The van der Waals surface area contributed by atoms with Gasteiger partial charge in [-0.25, -0.2) is 0 Å². The summed E-state index contributed by atoms with van der Waals surface area (Å²) in [5.74, 6) is 3.87. The summed E-state index contributed by atoms with van der Waals surface area (Å²) in [6.07, 6.45) is 7.00. The highest BCUT2D eigenvalue weighted by molar-refractivity contribution is 14.0. The molecule has 0 aliphatic carbocycles. The third kappa shape index (κ3) is 8.84. The lowest BCUT2D eigenvalue weighted by molar-refractivity contribution is -0.0261. The van der Waals surface area contributed by atoms with Crippen molar-refractivity contribution in [2.24, 2.45) is 10.9 Å². The van der Waals surface area contributed by atoms with Crippen LogP contribution in [0.1, 0.15) is 58.1 Å². The highest BCUT2D eigenvalue weighted by Gasteiger charge is 2.20. The number of nitrogens with one attached hydrogen (secondary N) is 2. The van der Waals surface area contributed by atoms with Crippen molar-refractivity contribution in [2.75, 3.05) is 45.9 Å². The van der Waals surface area contributed by atoms with Crippen LogP contribution in [-0.2, 0) is 24.1 Å². The van der Waals surface area contributed by atoms with Gasteiger partial charge in [0.1, 0.15) is 11.6 Å². The summed E-state index contributed by atoms with van der Waals surface area (Å²) in [6, 6.07) is 0. The monoisotopic (exact) mass is 547 g/mol. The van der Waals surface area contributed by atoms with E-state index in [0.717, 1.165) is 76.9 Å². The SMILES string of the molecule is CCNC(=NCC1CN(CC(C)C)CCO1)NCCCc1nnc2n1CCCCC2.I. The fourth-order valence-corrected chi connectivity index (χ4v) is 4.29. The Labute approximate surface area is 205 Å². The minimum atomic E-state index is 0. The normalized spacial score (nSPS) is 20.1. The van der Waals surface area contributed by atoms with Gasteiger partial charge in [-0.3, -0.25) is 9.89 Å². The molecular formula is C22H42IN7O. The van der Waals surface area contributed by atoms with Crippen LogP contribution >= 0.6 is 24.0 Å². The summed E-state index contributed by atoms with van der Waals surface area (Å²) < 4.78 is 8.28. The number of aliphatic imine (C=N–C) groups is 1. The second kappa shape index (κ2) is 14.3. The molecule has 2 N–H and O–H groups in total. The smallest absolute Gasteiger partial charge is 0.191 e. The predicted molar refractivity (Wildman–Crippen MR) is 136 cm³/mol. The van der Waals surface area contributed by atoms with Crippen LogP contribution in [0.2, 0.25) is 0 Å². The summed E-state index contributed by atoms with van der Waals surface area (Å²) >= 11 is 0. The third-order valence-electron chi connectivity index (χ3n) is 5.70. The van der Waals surface area contributed by atoms with E-state index < -0.39 is 0 Å². The van der Waals surface area contributed by atoms with Crippen molar-refractivity contribution in [1.82, 2.24) is 30.3 Å². The average molecular weight is 548 g/mol. The van der Waals surface area contributed by atoms with Crippen LogP contribution in [0.15, 0.2) is 4.99 Å². The van der Waals surface area contributed by atoms with Gasteiger partial charge < -0.3 is 19.9 Å². The molecule has 1 saturated heterocycles. The maximum Gasteiger partial charge on any atom is 0.191 e. The van der Waals surface area contributed by atoms with Gasteiger partial charge in [0, 0.05) is 52.1 Å². The molecule has 0 bridgehead atoms. The largest absolute Gasteiger partial charge is 0.374 e. The van der Waals surface area contributed by atoms with Gasteiger partial charge in [-0.15, -0.1) is 34.2 Å². The topological polar surface area (TPSA) is 79.6 Å². The highest BCUT2D eigenvalue weighted by atomic mass is 127. The predicted octanol–water partition coefficient (Wildman–Crippen LogP) is 2.47. The van der Waals surface area contributed by atoms with Gasteiger partial charge in [-0.2, -0.15) is 0 Å². The number of hydrogen-bond acceptors (Lipinski definition) is 5. The number of halogens is 1. The van der Waals surface area contributed by atoms with E-state index in [-0.39, 0.29) is 30.1 Å². The number of aromatic nitrogens is 3. The van der Waals surface area contributed by atoms with Crippen molar-refractivity contribution in [3.63, 3.8) is 0 Å². The molecule has 1 aromatic heterocycles. The molecule has 0 aromatic carbocycles. The summed E-state index contributed by atoms with van der Waals surface area (Å²) in [5, 5.41) is 15.7. The number of rotatable bonds is 9. The third-order valence-corrected chi connectivity index (χ3v) is 5.70. The molecule has 1 fully saturated rings. The van der Waals surface area contributed by atoms with Crippen molar-refractivity contribution in [3.8, 4) is 0 Å². The Morgan fingerprint density at radius 1 is 1.19 bits per heavy atom. The molecule has 2 aliphatic rings. The number of guanidine groups is 1. The first-order valence-electron chi connectivity index (χ1n) is 11.9. The molecule has 0 saturated carbocycles. The number of morpholine rings is 1. The molecule has 1 aromatic rings. The molecular weight excluding hydrogens is 505 g/mol. The zero-order chi connectivity index (χ0) is 21.2. The van der Waals surface area contributed by atoms with Crippen molar-refractivity contribution < 1.29 is 4.74 Å². The molecule has 1 unspecified atom stereocenters. The van der Waals surface area contributed by atoms with Crippen molar-refractivity contribution >= 4 is 29.9 Å². The van der Waals surface area contributed by atoms with Crippen LogP contribution in [0.5, 0.6) is 0 Å². The molecule has 0 radical (unpaired) electrons. The fourth-order valence-electron chi connectivity index (χ4n) is 4.29. The highest BCUT2D eigenvalue weighted by Crippen LogP contribution is 2.15. The molecule has 0 spiro atoms. The Kier molecular flexibility index (Phi) is 12.1. The molecule has 1 atom stereocenters. The standard InChI is InChI=1S/C22H41N7O.HI/c1-4-23-22(25-15-19-17-28(13-14-30-19)16-18(2)3)24-11-8-10-21-27-26-20-9-6-5-7-12-29(20)21;/h18-19H,4-17H2,1-3H3,(H2,23,24,25);1H. The fraction of sp³-hybridized carbons (Fsp3) is 0.864. The summed E-state index contributed by atoms with van der Waals surface area (Å²) in [7, 11) is 0. The van der Waals surface area contributed by atoms with Crippen LogP contribution in [0, 0.1) is 5.92 Å². The van der Waals surface area contributed by atoms with Crippen LogP contribution in [0.3, 0.4) is 0 Å². The summed E-state index contributed by atoms with van der Waals surface area (Å²) in [4.78, 5) is 7.27. The van der Waals surface area contributed by atoms with E-state index in [2.05, 4.69) is 51.1 Å². The van der Waals surface area contributed by atoms with Crippen LogP contribution in [0.25, 0.3) is 0 Å². The van der Waals surface area contributed by atoms with Crippen molar-refractivity contribution in [3.05, 3.63) is 11.6 Å². The quantitative estimate of drug-likeness (QED) is 0.214. The molecule has 3 rings (SSSR count). The molecule has 0 amide bonds. The molecule has 2 aliphatic heterocycles. The van der Waals surface area contributed by atoms with E-state index >= 15 is 0 Å². The van der Waals surface area contributed by atoms with Crippen LogP contribution in [0.4, 0.5) is 0 Å². The summed E-state index contributed by atoms with van der Waals surface area (Å²) in [5.41, 5.74) is 0. The summed E-state index contributed by atoms with van der Waals surface area (Å²) in [6.45, 7) is 14.1. The van der Waals surface area contributed by atoms with E-state index in [1.165, 1.54) is 25.1 Å². The van der Waals surface area contributed by atoms with E-state index in [4.69, 9.17) is 9.73 Å². The number of hydrogen-bond donors (Lipinski definition) is 2. The minimum Gasteiger partial charge on any atom is -0.374 e. The number of aryl methyl sites for hydroxylation is 2. The van der Waals surface area contributed by atoms with Gasteiger partial charge >= 0.3 is 0 Å². The molecule has 31 heavy (non-hydrogen) atoms. The Balaban J connectivity index is 0.00000341. The van der Waals surface area contributed by atoms with E-state index in [0.29, 0.717) is 12.5 Å². The van der Waals surface area contributed by atoms with Gasteiger partial charge in [-0.1, -0.05) is 20.3 Å². The Morgan fingerprint density at radius 2 is 2.06 bits per heavy atom. The Morgan fingerprint density at radius 3 is 2.87 bits per heavy atom. The molecule has 178 valence electrons. The lowest BCUT2D eigenvalue weighted by Crippen LogP contribution is -2.46. The van der Waals surface area contributed by atoms with E-state index in [1.54, 1.807) is 0 Å². The zero-order valence-corrected chi connectivity index (χ0v) is 21.9. The zero-order valence-electron chi connectivity index (χ0n) is 19.6. The lowest BCUT2D eigenvalue weighted by Gasteiger charge is -2.33. The van der Waals surface area contributed by atoms with Gasteiger partial charge in [0.05, 0.1) is 19.3 Å². The average Bonchev–Trinajstić information content (AvgIpc) is 2.95. The van der Waals surface area contributed by atoms with E-state index in [9.17, 15) is 0 Å². The van der Waals surface area contributed by atoms with Crippen molar-refractivity contribution in [1.29, 1.82) is 0 Å². The number of nitrogens with zero attached hydrogens (tertiary/aromatic N) is 5. The molecule has 8 nitrogen and oxygen atoms in total. The van der Waals surface area contributed by atoms with Crippen molar-refractivity contribution in [2.45, 2.75) is 71.9 Å². The second-order valence-electron chi connectivity index (χ2n) is 8.89. The van der Waals surface area contributed by atoms with Gasteiger partial charge in [0.2, 0.25) is 0 Å². The van der Waals surface area contributed by atoms with Gasteiger partial charge in [0.25, 0.3) is 0 Å². The molecule has 3 heterocycles. The Hall–Kier alpha value is -0.940. The first kappa shape index (κ1) is 26.3. The van der Waals surface area contributed by atoms with E-state index in [1.807, 2.05) is 0 Å². The van der Waals surface area contributed by atoms with Crippen LogP contribution in [-0.4, -0.2) is 77.6 Å². The maximum absolute atomic E-state index is 5.93. The van der Waals surface area contributed by atoms with Crippen LogP contribution < -0.4 is 10.6 Å². The van der Waals surface area contributed by atoms with Gasteiger partial charge in [-0.05, 0) is 32.1 Å². The minimum absolute atomic E-state index is 0. The lowest BCUT2D eigenvalue weighted by atomic mass is 10.2. The first-order chi connectivity index (χ1) is 14.7. The number of ether oxygens (including phenoxy) is 1. The second-order valence-corrected chi connectivity index (χ2v) is 8.89. The first-order valence-corrected chi connectivity index (χ1v) is 11.9. The molecule has 9 heteroatoms. The Bertz CT molecular complexity index is 664. The van der Waals surface area contributed by atoms with Gasteiger partial charge in [0.15, 0.2) is 5.96 Å².